The maximum atomic E-state index is 5.83. The smallest absolute Gasteiger partial charge is 0.240 e. The Kier molecular flexibility index (Phi) is 3.55. The highest BCUT2D eigenvalue weighted by Crippen LogP contribution is 2.23. The van der Waals surface area contributed by atoms with Crippen molar-refractivity contribution >= 4 is 11.6 Å². The lowest BCUT2D eigenvalue weighted by Crippen LogP contribution is -1.96. The molecule has 0 spiro atoms. The fraction of sp³-hybridized carbons (Fsp3) is 0.0556. The molecule has 0 aliphatic carbocycles. The Morgan fingerprint density at radius 1 is 1.00 bits per heavy atom. The van der Waals surface area contributed by atoms with Gasteiger partial charge >= 0.3 is 0 Å². The van der Waals surface area contributed by atoms with E-state index >= 15 is 0 Å². The summed E-state index contributed by atoms with van der Waals surface area (Å²) in [5.41, 5.74) is 9.35. The van der Waals surface area contributed by atoms with Gasteiger partial charge in [0.2, 0.25) is 5.95 Å². The van der Waals surface area contributed by atoms with Crippen LogP contribution in [-0.4, -0.2) is 19.6 Å². The zero-order chi connectivity index (χ0) is 16.4. The molecule has 0 bridgehead atoms. The summed E-state index contributed by atoms with van der Waals surface area (Å²) >= 11 is 0. The van der Waals surface area contributed by atoms with Gasteiger partial charge in [-0.05, 0) is 23.8 Å². The Labute approximate surface area is 138 Å². The van der Waals surface area contributed by atoms with Crippen molar-refractivity contribution in [3.63, 3.8) is 0 Å². The second kappa shape index (κ2) is 6.00. The van der Waals surface area contributed by atoms with Gasteiger partial charge in [-0.3, -0.25) is 4.98 Å². The molecule has 4 rings (SSSR count). The molecule has 0 aliphatic heterocycles. The number of nitrogen functional groups attached to an aromatic ring is 1. The zero-order valence-corrected chi connectivity index (χ0v) is 12.8. The molecule has 6 heteroatoms. The summed E-state index contributed by atoms with van der Waals surface area (Å²) in [4.78, 5) is 8.38. The maximum Gasteiger partial charge on any atom is 0.240 e. The minimum atomic E-state index is 0.255. The SMILES string of the molecule is Nc1nc2ccc(-c3cncc(OCc4ccccc4)c3)cn2n1. The van der Waals surface area contributed by atoms with Gasteiger partial charge in [0, 0.05) is 23.5 Å². The molecule has 0 atom stereocenters. The summed E-state index contributed by atoms with van der Waals surface area (Å²) < 4.78 is 7.48. The quantitative estimate of drug-likeness (QED) is 0.626. The fourth-order valence-corrected chi connectivity index (χ4v) is 2.47. The first-order chi connectivity index (χ1) is 11.8. The van der Waals surface area contributed by atoms with Crippen molar-refractivity contribution in [2.45, 2.75) is 6.61 Å². The van der Waals surface area contributed by atoms with Gasteiger partial charge < -0.3 is 10.5 Å². The number of hydrogen-bond acceptors (Lipinski definition) is 5. The molecule has 0 saturated heterocycles. The minimum absolute atomic E-state index is 0.255. The third kappa shape index (κ3) is 2.89. The summed E-state index contributed by atoms with van der Waals surface area (Å²) in [7, 11) is 0. The Balaban J connectivity index is 1.58. The van der Waals surface area contributed by atoms with Crippen LogP contribution in [0.2, 0.25) is 0 Å². The van der Waals surface area contributed by atoms with Gasteiger partial charge in [0.15, 0.2) is 5.65 Å². The number of hydrogen-bond donors (Lipinski definition) is 1. The highest BCUT2D eigenvalue weighted by atomic mass is 16.5. The molecule has 24 heavy (non-hydrogen) atoms. The van der Waals surface area contributed by atoms with E-state index in [1.54, 1.807) is 16.9 Å². The van der Waals surface area contributed by atoms with Crippen molar-refractivity contribution in [2.24, 2.45) is 0 Å². The standard InChI is InChI=1S/C18H15N5O/c19-18-21-17-7-6-14(11-23(17)22-18)15-8-16(10-20-9-15)24-12-13-4-2-1-3-5-13/h1-11H,12H2,(H2,19,22). The summed E-state index contributed by atoms with van der Waals surface area (Å²) in [6.45, 7) is 0.505. The lowest BCUT2D eigenvalue weighted by atomic mass is 10.1. The first-order valence-corrected chi connectivity index (χ1v) is 7.52. The summed E-state index contributed by atoms with van der Waals surface area (Å²) in [5.74, 6) is 0.972. The molecule has 0 aliphatic rings. The number of nitrogens with zero attached hydrogens (tertiary/aromatic N) is 4. The molecular formula is C18H15N5O. The number of benzene rings is 1. The van der Waals surface area contributed by atoms with E-state index in [4.69, 9.17) is 10.5 Å². The second-order valence-corrected chi connectivity index (χ2v) is 5.37. The van der Waals surface area contributed by atoms with E-state index in [1.165, 1.54) is 0 Å². The van der Waals surface area contributed by atoms with Gasteiger partial charge in [0.1, 0.15) is 12.4 Å². The Morgan fingerprint density at radius 3 is 2.75 bits per heavy atom. The Hall–Kier alpha value is -3.41. The van der Waals surface area contributed by atoms with Crippen LogP contribution in [0.15, 0.2) is 67.1 Å². The molecule has 118 valence electrons. The number of anilines is 1. The van der Waals surface area contributed by atoms with Crippen molar-refractivity contribution in [2.75, 3.05) is 5.73 Å². The summed E-state index contributed by atoms with van der Waals surface area (Å²) in [6, 6.07) is 15.8. The van der Waals surface area contributed by atoms with Crippen LogP contribution in [0, 0.1) is 0 Å². The lowest BCUT2D eigenvalue weighted by molar-refractivity contribution is 0.305. The number of fused-ring (bicyclic) bond motifs is 1. The zero-order valence-electron chi connectivity index (χ0n) is 12.8. The molecule has 0 amide bonds. The largest absolute Gasteiger partial charge is 0.487 e. The van der Waals surface area contributed by atoms with Crippen LogP contribution in [-0.2, 0) is 6.61 Å². The van der Waals surface area contributed by atoms with E-state index in [0.29, 0.717) is 12.3 Å². The lowest BCUT2D eigenvalue weighted by Gasteiger charge is -2.08. The van der Waals surface area contributed by atoms with Gasteiger partial charge in [0.25, 0.3) is 0 Å². The van der Waals surface area contributed by atoms with Crippen molar-refractivity contribution in [3.05, 3.63) is 72.7 Å². The number of ether oxygens (including phenoxy) is 1. The van der Waals surface area contributed by atoms with Gasteiger partial charge in [0.05, 0.1) is 6.20 Å². The van der Waals surface area contributed by atoms with Crippen LogP contribution < -0.4 is 10.5 Å². The van der Waals surface area contributed by atoms with E-state index < -0.39 is 0 Å². The predicted molar refractivity (Wildman–Crippen MR) is 91.4 cm³/mol. The van der Waals surface area contributed by atoms with E-state index in [-0.39, 0.29) is 5.95 Å². The molecule has 0 fully saturated rings. The second-order valence-electron chi connectivity index (χ2n) is 5.37. The summed E-state index contributed by atoms with van der Waals surface area (Å²) in [6.07, 6.45) is 5.37. The maximum absolute atomic E-state index is 5.83. The average Bonchev–Trinajstić information content (AvgIpc) is 3.00. The third-order valence-electron chi connectivity index (χ3n) is 3.64. The van der Waals surface area contributed by atoms with Crippen LogP contribution in [0.5, 0.6) is 5.75 Å². The van der Waals surface area contributed by atoms with Crippen LogP contribution in [0.1, 0.15) is 5.56 Å². The Bertz CT molecular complexity index is 981. The number of rotatable bonds is 4. The predicted octanol–water partition coefficient (Wildman–Crippen LogP) is 2.95. The van der Waals surface area contributed by atoms with Crippen molar-refractivity contribution in [3.8, 4) is 16.9 Å². The van der Waals surface area contributed by atoms with E-state index in [9.17, 15) is 0 Å². The fourth-order valence-electron chi connectivity index (χ4n) is 2.47. The highest BCUT2D eigenvalue weighted by molar-refractivity contribution is 5.65. The minimum Gasteiger partial charge on any atom is -0.487 e. The Morgan fingerprint density at radius 2 is 1.88 bits per heavy atom. The number of pyridine rings is 2. The normalized spacial score (nSPS) is 10.8. The molecular weight excluding hydrogens is 302 g/mol. The van der Waals surface area contributed by atoms with E-state index in [1.807, 2.05) is 54.7 Å². The number of nitrogens with two attached hydrogens (primary N) is 1. The van der Waals surface area contributed by atoms with E-state index in [2.05, 4.69) is 15.1 Å². The van der Waals surface area contributed by atoms with Crippen LogP contribution in [0.3, 0.4) is 0 Å². The topological polar surface area (TPSA) is 78.3 Å². The van der Waals surface area contributed by atoms with Gasteiger partial charge in [-0.15, -0.1) is 5.10 Å². The molecule has 6 nitrogen and oxygen atoms in total. The molecule has 1 aromatic carbocycles. The average molecular weight is 317 g/mol. The third-order valence-corrected chi connectivity index (χ3v) is 3.64. The highest BCUT2D eigenvalue weighted by Gasteiger charge is 2.05. The van der Waals surface area contributed by atoms with Crippen LogP contribution in [0.4, 0.5) is 5.95 Å². The van der Waals surface area contributed by atoms with Crippen molar-refractivity contribution in [1.29, 1.82) is 0 Å². The monoisotopic (exact) mass is 317 g/mol. The van der Waals surface area contributed by atoms with Gasteiger partial charge in [-0.2, -0.15) is 4.98 Å². The first-order valence-electron chi connectivity index (χ1n) is 7.52. The van der Waals surface area contributed by atoms with Gasteiger partial charge in [-0.25, -0.2) is 4.52 Å². The number of aromatic nitrogens is 4. The molecule has 3 heterocycles. The summed E-state index contributed by atoms with van der Waals surface area (Å²) in [5, 5.41) is 4.13. The van der Waals surface area contributed by atoms with Crippen molar-refractivity contribution < 1.29 is 4.74 Å². The van der Waals surface area contributed by atoms with Crippen LogP contribution in [0.25, 0.3) is 16.8 Å². The molecule has 4 aromatic rings. The molecule has 0 unspecified atom stereocenters. The van der Waals surface area contributed by atoms with Crippen LogP contribution >= 0.6 is 0 Å². The molecule has 0 saturated carbocycles. The molecule has 2 N–H and O–H groups in total. The van der Waals surface area contributed by atoms with E-state index in [0.717, 1.165) is 22.4 Å². The molecule has 3 aromatic heterocycles. The first kappa shape index (κ1) is 14.2. The van der Waals surface area contributed by atoms with Gasteiger partial charge in [-0.1, -0.05) is 30.3 Å². The van der Waals surface area contributed by atoms with Crippen molar-refractivity contribution in [1.82, 2.24) is 19.6 Å². The molecule has 0 radical (unpaired) electrons.